The molecule has 3 aromatic rings. The van der Waals surface area contributed by atoms with Crippen LogP contribution in [0.25, 0.3) is 0 Å². The van der Waals surface area contributed by atoms with Gasteiger partial charge in [0.15, 0.2) is 17.3 Å². The van der Waals surface area contributed by atoms with Crippen molar-refractivity contribution in [2.75, 3.05) is 7.11 Å². The van der Waals surface area contributed by atoms with Crippen molar-refractivity contribution in [3.8, 4) is 11.5 Å². The predicted octanol–water partition coefficient (Wildman–Crippen LogP) is 4.37. The summed E-state index contributed by atoms with van der Waals surface area (Å²) in [6.07, 6.45) is 1.50. The molecule has 6 nitrogen and oxygen atoms in total. The average Bonchev–Trinajstić information content (AvgIpc) is 3.36. The highest BCUT2D eigenvalue weighted by Crippen LogP contribution is 2.27. The standard InChI is InChI=1S/C20H22N2O4S/c1-14(2)22(20(23)18-9-6-10-25-18)11-15-13-27-19(21-15)12-26-17-8-5-4-7-16(17)24-3/h4-10,13-14H,11-12H2,1-3H3. The Morgan fingerprint density at radius 3 is 2.67 bits per heavy atom. The van der Waals surface area contributed by atoms with Gasteiger partial charge < -0.3 is 18.8 Å². The molecule has 0 saturated heterocycles. The Kier molecular flexibility index (Phi) is 6.13. The molecule has 1 aromatic carbocycles. The summed E-state index contributed by atoms with van der Waals surface area (Å²) >= 11 is 1.51. The molecular formula is C20H22N2O4S. The van der Waals surface area contributed by atoms with Gasteiger partial charge in [0.05, 0.1) is 25.6 Å². The van der Waals surface area contributed by atoms with E-state index in [9.17, 15) is 4.79 Å². The number of ether oxygens (including phenoxy) is 2. The number of aromatic nitrogens is 1. The Bertz CT molecular complexity index is 874. The van der Waals surface area contributed by atoms with Gasteiger partial charge in [-0.05, 0) is 38.1 Å². The van der Waals surface area contributed by atoms with Gasteiger partial charge in [-0.2, -0.15) is 0 Å². The van der Waals surface area contributed by atoms with Gasteiger partial charge in [0.2, 0.25) is 0 Å². The zero-order valence-corrected chi connectivity index (χ0v) is 16.4. The highest BCUT2D eigenvalue weighted by molar-refractivity contribution is 7.09. The summed E-state index contributed by atoms with van der Waals surface area (Å²) in [7, 11) is 1.61. The molecule has 0 aliphatic carbocycles. The fourth-order valence-corrected chi connectivity index (χ4v) is 3.27. The van der Waals surface area contributed by atoms with Gasteiger partial charge in [0, 0.05) is 11.4 Å². The number of thiazole rings is 1. The summed E-state index contributed by atoms with van der Waals surface area (Å²) in [6, 6.07) is 10.9. The normalized spacial score (nSPS) is 10.8. The van der Waals surface area contributed by atoms with Crippen molar-refractivity contribution in [2.24, 2.45) is 0 Å². The van der Waals surface area contributed by atoms with Crippen molar-refractivity contribution in [1.29, 1.82) is 0 Å². The van der Waals surface area contributed by atoms with Crippen molar-refractivity contribution in [1.82, 2.24) is 9.88 Å². The van der Waals surface area contributed by atoms with Gasteiger partial charge in [0.25, 0.3) is 5.91 Å². The Morgan fingerprint density at radius 1 is 1.22 bits per heavy atom. The zero-order valence-electron chi connectivity index (χ0n) is 15.5. The first-order valence-electron chi connectivity index (χ1n) is 8.62. The van der Waals surface area contributed by atoms with E-state index in [1.165, 1.54) is 17.6 Å². The molecule has 0 fully saturated rings. The van der Waals surface area contributed by atoms with E-state index in [0.717, 1.165) is 10.7 Å². The highest BCUT2D eigenvalue weighted by Gasteiger charge is 2.22. The summed E-state index contributed by atoms with van der Waals surface area (Å²) in [5.41, 5.74) is 0.826. The minimum atomic E-state index is -0.144. The fraction of sp³-hybridized carbons (Fsp3) is 0.300. The Labute approximate surface area is 162 Å². The van der Waals surface area contributed by atoms with Crippen molar-refractivity contribution in [3.05, 3.63) is 64.5 Å². The zero-order chi connectivity index (χ0) is 19.2. The van der Waals surface area contributed by atoms with Gasteiger partial charge in [-0.15, -0.1) is 11.3 Å². The number of hydrogen-bond acceptors (Lipinski definition) is 6. The second kappa shape index (κ2) is 8.73. The molecule has 7 heteroatoms. The maximum atomic E-state index is 12.6. The lowest BCUT2D eigenvalue weighted by atomic mass is 10.2. The van der Waals surface area contributed by atoms with Crippen molar-refractivity contribution in [3.63, 3.8) is 0 Å². The van der Waals surface area contributed by atoms with Crippen LogP contribution in [0, 0.1) is 0 Å². The first-order valence-corrected chi connectivity index (χ1v) is 9.50. The molecule has 0 spiro atoms. The van der Waals surface area contributed by atoms with Crippen molar-refractivity contribution >= 4 is 17.2 Å². The number of furan rings is 1. The first kappa shape index (κ1) is 19.0. The maximum Gasteiger partial charge on any atom is 0.290 e. The second-order valence-electron chi connectivity index (χ2n) is 6.18. The van der Waals surface area contributed by atoms with Crippen LogP contribution < -0.4 is 9.47 Å². The summed E-state index contributed by atoms with van der Waals surface area (Å²) in [5.74, 6) is 1.55. The van der Waals surface area contributed by atoms with Gasteiger partial charge >= 0.3 is 0 Å². The van der Waals surface area contributed by atoms with Gasteiger partial charge in [-0.3, -0.25) is 4.79 Å². The number of amides is 1. The Balaban J connectivity index is 1.65. The summed E-state index contributed by atoms with van der Waals surface area (Å²) < 4.78 is 16.3. The van der Waals surface area contributed by atoms with Gasteiger partial charge in [-0.1, -0.05) is 12.1 Å². The number of hydrogen-bond donors (Lipinski definition) is 0. The molecular weight excluding hydrogens is 364 g/mol. The monoisotopic (exact) mass is 386 g/mol. The molecule has 2 heterocycles. The number of para-hydroxylation sites is 2. The van der Waals surface area contributed by atoms with Crippen LogP contribution in [-0.4, -0.2) is 28.9 Å². The molecule has 142 valence electrons. The minimum absolute atomic E-state index is 0.0255. The van der Waals surface area contributed by atoms with E-state index in [1.807, 2.05) is 43.5 Å². The van der Waals surface area contributed by atoms with Crippen LogP contribution in [-0.2, 0) is 13.2 Å². The van der Waals surface area contributed by atoms with E-state index in [1.54, 1.807) is 24.1 Å². The fourth-order valence-electron chi connectivity index (χ4n) is 2.57. The van der Waals surface area contributed by atoms with E-state index < -0.39 is 0 Å². The number of carbonyl (C=O) groups is 1. The molecule has 27 heavy (non-hydrogen) atoms. The van der Waals surface area contributed by atoms with Crippen LogP contribution in [0.3, 0.4) is 0 Å². The molecule has 0 radical (unpaired) electrons. The maximum absolute atomic E-state index is 12.6. The number of methoxy groups -OCH3 is 1. The van der Waals surface area contributed by atoms with E-state index in [0.29, 0.717) is 30.4 Å². The molecule has 0 N–H and O–H groups in total. The lowest BCUT2D eigenvalue weighted by Gasteiger charge is -2.24. The molecule has 0 aliphatic rings. The van der Waals surface area contributed by atoms with Crippen molar-refractivity contribution < 1.29 is 18.7 Å². The average molecular weight is 386 g/mol. The van der Waals surface area contributed by atoms with Crippen LogP contribution in [0.15, 0.2) is 52.5 Å². The predicted molar refractivity (Wildman–Crippen MR) is 103 cm³/mol. The van der Waals surface area contributed by atoms with Crippen LogP contribution in [0.2, 0.25) is 0 Å². The third kappa shape index (κ3) is 4.68. The molecule has 0 bridgehead atoms. The van der Waals surface area contributed by atoms with E-state index in [2.05, 4.69) is 4.98 Å². The summed E-state index contributed by atoms with van der Waals surface area (Å²) in [4.78, 5) is 18.9. The lowest BCUT2D eigenvalue weighted by molar-refractivity contribution is 0.0655. The van der Waals surface area contributed by atoms with E-state index in [4.69, 9.17) is 13.9 Å². The molecule has 3 rings (SSSR count). The van der Waals surface area contributed by atoms with Crippen LogP contribution in [0.1, 0.15) is 35.1 Å². The van der Waals surface area contributed by atoms with Crippen molar-refractivity contribution in [2.45, 2.75) is 33.0 Å². The minimum Gasteiger partial charge on any atom is -0.493 e. The quantitative estimate of drug-likeness (QED) is 0.575. The number of nitrogens with zero attached hydrogens (tertiary/aromatic N) is 2. The second-order valence-corrected chi connectivity index (χ2v) is 7.12. The molecule has 0 aliphatic heterocycles. The Hall–Kier alpha value is -2.80. The molecule has 0 saturated carbocycles. The SMILES string of the molecule is COc1ccccc1OCc1nc(CN(C(=O)c2ccco2)C(C)C)cs1. The molecule has 1 amide bonds. The van der Waals surface area contributed by atoms with Gasteiger partial charge in [-0.25, -0.2) is 4.98 Å². The molecule has 0 unspecified atom stereocenters. The third-order valence-electron chi connectivity index (χ3n) is 3.97. The van der Waals surface area contributed by atoms with Crippen LogP contribution >= 0.6 is 11.3 Å². The topological polar surface area (TPSA) is 64.8 Å². The third-order valence-corrected chi connectivity index (χ3v) is 4.84. The summed E-state index contributed by atoms with van der Waals surface area (Å²) in [5, 5.41) is 2.79. The summed E-state index contributed by atoms with van der Waals surface area (Å²) in [6.45, 7) is 4.71. The van der Waals surface area contributed by atoms with Gasteiger partial charge in [0.1, 0.15) is 11.6 Å². The van der Waals surface area contributed by atoms with Crippen LogP contribution in [0.5, 0.6) is 11.5 Å². The number of carbonyl (C=O) groups excluding carboxylic acids is 1. The highest BCUT2D eigenvalue weighted by atomic mass is 32.1. The Morgan fingerprint density at radius 2 is 2.00 bits per heavy atom. The largest absolute Gasteiger partial charge is 0.493 e. The number of benzene rings is 1. The molecule has 2 aromatic heterocycles. The smallest absolute Gasteiger partial charge is 0.290 e. The van der Waals surface area contributed by atoms with E-state index >= 15 is 0 Å². The molecule has 0 atom stereocenters. The van der Waals surface area contributed by atoms with Crippen LogP contribution in [0.4, 0.5) is 0 Å². The number of rotatable bonds is 8. The lowest BCUT2D eigenvalue weighted by Crippen LogP contribution is -2.36. The first-order chi connectivity index (χ1) is 13.1. The van der Waals surface area contributed by atoms with E-state index in [-0.39, 0.29) is 11.9 Å².